The summed E-state index contributed by atoms with van der Waals surface area (Å²) in [5.41, 5.74) is 10.9. The first-order valence-corrected chi connectivity index (χ1v) is 7.50. The molecular weight excluding hydrogens is 270 g/mol. The van der Waals surface area contributed by atoms with Crippen LogP contribution in [-0.2, 0) is 5.41 Å². The summed E-state index contributed by atoms with van der Waals surface area (Å²) >= 11 is 0. The van der Waals surface area contributed by atoms with E-state index in [0.29, 0.717) is 11.5 Å². The molecule has 0 aliphatic heterocycles. The normalized spacial score (nSPS) is 11.8. The van der Waals surface area contributed by atoms with Crippen molar-refractivity contribution in [2.45, 2.75) is 33.1 Å². The maximum Gasteiger partial charge on any atom is 0.162 e. The van der Waals surface area contributed by atoms with Gasteiger partial charge in [-0.3, -0.25) is 0 Å². The number of nitrogens with zero attached hydrogens (tertiary/aromatic N) is 2. The van der Waals surface area contributed by atoms with E-state index in [1.54, 1.807) is 0 Å². The van der Waals surface area contributed by atoms with Gasteiger partial charge in [-0.05, 0) is 25.1 Å². The van der Waals surface area contributed by atoms with E-state index in [2.05, 4.69) is 33.8 Å². The molecule has 1 aromatic heterocycles. The van der Waals surface area contributed by atoms with E-state index in [4.69, 9.17) is 15.7 Å². The summed E-state index contributed by atoms with van der Waals surface area (Å²) in [5, 5.41) is 1.10. The van der Waals surface area contributed by atoms with Gasteiger partial charge in [-0.2, -0.15) is 0 Å². The van der Waals surface area contributed by atoms with Crippen LogP contribution in [0, 0.1) is 6.92 Å². The zero-order valence-electron chi connectivity index (χ0n) is 13.5. The average Bonchev–Trinajstić information content (AvgIpc) is 2.47. The molecule has 3 rings (SSSR count). The van der Waals surface area contributed by atoms with Gasteiger partial charge in [-0.1, -0.05) is 50.6 Å². The summed E-state index contributed by atoms with van der Waals surface area (Å²) in [7, 11) is 0. The van der Waals surface area contributed by atoms with Crippen molar-refractivity contribution in [3.63, 3.8) is 0 Å². The predicted octanol–water partition coefficient (Wildman–Crippen LogP) is 4.48. The number of aryl methyl sites for hydroxylation is 1. The van der Waals surface area contributed by atoms with E-state index in [1.165, 1.54) is 0 Å². The van der Waals surface area contributed by atoms with Crippen molar-refractivity contribution in [3.05, 3.63) is 53.7 Å². The van der Waals surface area contributed by atoms with E-state index < -0.39 is 0 Å². The Labute approximate surface area is 131 Å². The van der Waals surface area contributed by atoms with E-state index in [1.807, 2.05) is 36.4 Å². The number of rotatable bonds is 1. The van der Waals surface area contributed by atoms with Gasteiger partial charge in [-0.25, -0.2) is 9.97 Å². The second-order valence-corrected chi connectivity index (χ2v) is 6.75. The molecule has 0 spiro atoms. The molecule has 2 aromatic carbocycles. The van der Waals surface area contributed by atoms with Crippen LogP contribution in [0.15, 0.2) is 42.5 Å². The summed E-state index contributed by atoms with van der Waals surface area (Å²) < 4.78 is 0. The van der Waals surface area contributed by atoms with Crippen LogP contribution in [0.1, 0.15) is 32.0 Å². The number of para-hydroxylation sites is 1. The number of nitrogen functional groups attached to an aromatic ring is 1. The van der Waals surface area contributed by atoms with Gasteiger partial charge in [0.15, 0.2) is 5.82 Å². The summed E-state index contributed by atoms with van der Waals surface area (Å²) in [4.78, 5) is 9.58. The zero-order valence-corrected chi connectivity index (χ0v) is 13.5. The minimum atomic E-state index is -0.0596. The maximum absolute atomic E-state index is 6.14. The predicted molar refractivity (Wildman–Crippen MR) is 92.8 cm³/mol. The van der Waals surface area contributed by atoms with E-state index in [9.17, 15) is 0 Å². The minimum absolute atomic E-state index is 0.0596. The Kier molecular flexibility index (Phi) is 3.36. The van der Waals surface area contributed by atoms with Crippen LogP contribution in [0.3, 0.4) is 0 Å². The monoisotopic (exact) mass is 291 g/mol. The summed E-state index contributed by atoms with van der Waals surface area (Å²) in [5.74, 6) is 0.699. The molecule has 0 saturated heterocycles. The van der Waals surface area contributed by atoms with Crippen molar-refractivity contribution in [2.24, 2.45) is 0 Å². The highest BCUT2D eigenvalue weighted by Gasteiger charge is 2.21. The first-order chi connectivity index (χ1) is 10.4. The number of fused-ring (bicyclic) bond motifs is 1. The second-order valence-electron chi connectivity index (χ2n) is 6.75. The molecule has 0 saturated carbocycles. The third-order valence-electron chi connectivity index (χ3n) is 3.76. The third kappa shape index (κ3) is 2.54. The maximum atomic E-state index is 6.14. The lowest BCUT2D eigenvalue weighted by atomic mass is 9.89. The lowest BCUT2D eigenvalue weighted by Crippen LogP contribution is -2.15. The van der Waals surface area contributed by atoms with Crippen LogP contribution >= 0.6 is 0 Å². The number of hydrogen-bond donors (Lipinski definition) is 1. The van der Waals surface area contributed by atoms with E-state index >= 15 is 0 Å². The van der Waals surface area contributed by atoms with Crippen LogP contribution in [0.5, 0.6) is 0 Å². The first-order valence-electron chi connectivity index (χ1n) is 7.50. The number of hydrogen-bond acceptors (Lipinski definition) is 3. The van der Waals surface area contributed by atoms with Crippen LogP contribution in [0.4, 0.5) is 5.69 Å². The Balaban J connectivity index is 2.34. The molecule has 0 aliphatic rings. The van der Waals surface area contributed by atoms with Gasteiger partial charge in [0.25, 0.3) is 0 Å². The topological polar surface area (TPSA) is 51.8 Å². The third-order valence-corrected chi connectivity index (χ3v) is 3.76. The van der Waals surface area contributed by atoms with Crippen LogP contribution in [0.2, 0.25) is 0 Å². The van der Waals surface area contributed by atoms with Gasteiger partial charge >= 0.3 is 0 Å². The van der Waals surface area contributed by atoms with Gasteiger partial charge in [-0.15, -0.1) is 0 Å². The lowest BCUT2D eigenvalue weighted by Gasteiger charge is -2.21. The van der Waals surface area contributed by atoms with Gasteiger partial charge in [0, 0.05) is 22.1 Å². The molecule has 112 valence electrons. The molecule has 22 heavy (non-hydrogen) atoms. The highest BCUT2D eigenvalue weighted by atomic mass is 14.9. The van der Waals surface area contributed by atoms with Gasteiger partial charge < -0.3 is 5.73 Å². The number of benzene rings is 2. The van der Waals surface area contributed by atoms with Gasteiger partial charge in [0.05, 0.1) is 11.2 Å². The molecule has 2 N–H and O–H groups in total. The highest BCUT2D eigenvalue weighted by Crippen LogP contribution is 2.31. The molecule has 3 nitrogen and oxygen atoms in total. The SMILES string of the molecule is Cc1ccc(N)c(-c2nc(C(C)(C)C)c3ccccc3n2)c1. The highest BCUT2D eigenvalue weighted by molar-refractivity contribution is 5.85. The Hall–Kier alpha value is -2.42. The molecular formula is C19H21N3. The van der Waals surface area contributed by atoms with Crippen molar-refractivity contribution in [2.75, 3.05) is 5.73 Å². The molecule has 0 unspecified atom stereocenters. The quantitative estimate of drug-likeness (QED) is 0.672. The van der Waals surface area contributed by atoms with Crippen LogP contribution in [0.25, 0.3) is 22.3 Å². The largest absolute Gasteiger partial charge is 0.398 e. The molecule has 0 fully saturated rings. The molecule has 3 heteroatoms. The van der Waals surface area contributed by atoms with E-state index in [0.717, 1.165) is 27.7 Å². The van der Waals surface area contributed by atoms with Crippen LogP contribution < -0.4 is 5.73 Å². The number of nitrogens with two attached hydrogens (primary N) is 1. The fourth-order valence-electron chi connectivity index (χ4n) is 2.63. The molecule has 0 atom stereocenters. The molecule has 0 aliphatic carbocycles. The summed E-state index contributed by atoms with van der Waals surface area (Å²) in [6.45, 7) is 8.57. The fraction of sp³-hybridized carbons (Fsp3) is 0.263. The smallest absolute Gasteiger partial charge is 0.162 e. The average molecular weight is 291 g/mol. The molecule has 1 heterocycles. The number of anilines is 1. The standard InChI is InChI=1S/C19H21N3/c1-12-9-10-15(20)14(11-12)18-21-16-8-6-5-7-13(16)17(22-18)19(2,3)4/h5-11H,20H2,1-4H3. The van der Waals surface area contributed by atoms with Gasteiger partial charge in [0.1, 0.15) is 0 Å². The van der Waals surface area contributed by atoms with E-state index in [-0.39, 0.29) is 5.41 Å². The zero-order chi connectivity index (χ0) is 15.9. The van der Waals surface area contributed by atoms with Crippen molar-refractivity contribution >= 4 is 16.6 Å². The van der Waals surface area contributed by atoms with Crippen LogP contribution in [-0.4, -0.2) is 9.97 Å². The molecule has 0 radical (unpaired) electrons. The molecule has 3 aromatic rings. The lowest BCUT2D eigenvalue weighted by molar-refractivity contribution is 0.575. The fourth-order valence-corrected chi connectivity index (χ4v) is 2.63. The minimum Gasteiger partial charge on any atom is -0.398 e. The van der Waals surface area contributed by atoms with Crippen molar-refractivity contribution in [1.82, 2.24) is 9.97 Å². The Morgan fingerprint density at radius 2 is 1.68 bits per heavy atom. The second kappa shape index (κ2) is 5.09. The van der Waals surface area contributed by atoms with Crippen molar-refractivity contribution in [1.29, 1.82) is 0 Å². The first kappa shape index (κ1) is 14.5. The van der Waals surface area contributed by atoms with Crippen molar-refractivity contribution in [3.8, 4) is 11.4 Å². The van der Waals surface area contributed by atoms with Crippen molar-refractivity contribution < 1.29 is 0 Å². The molecule has 0 bridgehead atoms. The Morgan fingerprint density at radius 1 is 0.955 bits per heavy atom. The summed E-state index contributed by atoms with van der Waals surface area (Å²) in [6.07, 6.45) is 0. The Bertz CT molecular complexity index is 845. The summed E-state index contributed by atoms with van der Waals surface area (Å²) in [6, 6.07) is 14.1. The molecule has 0 amide bonds. The Morgan fingerprint density at radius 3 is 2.41 bits per heavy atom. The van der Waals surface area contributed by atoms with Gasteiger partial charge in [0.2, 0.25) is 0 Å². The number of aromatic nitrogens is 2.